The lowest BCUT2D eigenvalue weighted by atomic mass is 10.1. The number of carboxylic acid groups (broad SMARTS) is 1. The molecule has 0 spiro atoms. The number of carboxylic acids is 1. The van der Waals surface area contributed by atoms with Crippen LogP contribution < -0.4 is 0 Å². The fraction of sp³-hybridized carbons (Fsp3) is 0.176. The maximum atomic E-state index is 13.4. The van der Waals surface area contributed by atoms with E-state index in [1.807, 2.05) is 22.6 Å². The number of carbonyl (C=O) groups is 2. The van der Waals surface area contributed by atoms with Crippen molar-refractivity contribution in [1.29, 1.82) is 0 Å². The number of aromatic carboxylic acids is 1. The smallest absolute Gasteiger partial charge is 0.340 e. The van der Waals surface area contributed by atoms with Gasteiger partial charge < -0.3 is 9.84 Å². The fourth-order valence-corrected chi connectivity index (χ4v) is 2.67. The first-order valence-electron chi connectivity index (χ1n) is 6.82. The number of ether oxygens (including phenoxy) is 1. The van der Waals surface area contributed by atoms with Crippen molar-refractivity contribution in [1.82, 2.24) is 0 Å². The van der Waals surface area contributed by atoms with Gasteiger partial charge >= 0.3 is 11.9 Å². The summed E-state index contributed by atoms with van der Waals surface area (Å²) in [5.74, 6) is -3.03. The monoisotopic (exact) mass is 574 g/mol. The van der Waals surface area contributed by atoms with Gasteiger partial charge in [0, 0.05) is 0 Å². The van der Waals surface area contributed by atoms with Crippen molar-refractivity contribution in [3.63, 3.8) is 0 Å². The van der Waals surface area contributed by atoms with E-state index in [1.165, 1.54) is 19.2 Å². The Labute approximate surface area is 170 Å². The number of carbonyl (C=O) groups excluding carboxylic acids is 1. The minimum absolute atomic E-state index is 0.0162. The molecule has 25 heavy (non-hydrogen) atoms. The van der Waals surface area contributed by atoms with E-state index in [0.29, 0.717) is 7.14 Å². The molecule has 0 saturated carbocycles. The van der Waals surface area contributed by atoms with Crippen molar-refractivity contribution in [3.05, 3.63) is 65.3 Å². The second kappa shape index (κ2) is 9.41. The quantitative estimate of drug-likeness (QED) is 0.407. The van der Waals surface area contributed by atoms with E-state index in [0.717, 1.165) is 11.1 Å². The zero-order valence-corrected chi connectivity index (χ0v) is 17.8. The molecule has 0 atom stereocenters. The van der Waals surface area contributed by atoms with Gasteiger partial charge in [0.15, 0.2) is 11.6 Å². The molecule has 1 N–H and O–H groups in total. The number of aryl methyl sites for hydroxylation is 2. The van der Waals surface area contributed by atoms with Crippen molar-refractivity contribution in [2.24, 2.45) is 0 Å². The minimum atomic E-state index is -1.23. The van der Waals surface area contributed by atoms with E-state index in [1.54, 1.807) is 48.6 Å². The van der Waals surface area contributed by atoms with Gasteiger partial charge in [0.05, 0.1) is 25.4 Å². The van der Waals surface area contributed by atoms with Crippen LogP contribution in [0.25, 0.3) is 0 Å². The molecule has 0 radical (unpaired) electrons. The Hall–Kier alpha value is -1.30. The van der Waals surface area contributed by atoms with E-state index in [2.05, 4.69) is 4.74 Å². The van der Waals surface area contributed by atoms with E-state index >= 15 is 0 Å². The number of halogens is 4. The highest BCUT2D eigenvalue weighted by atomic mass is 127. The first kappa shape index (κ1) is 21.7. The molecule has 8 heteroatoms. The summed E-state index contributed by atoms with van der Waals surface area (Å²) >= 11 is 3.65. The highest BCUT2D eigenvalue weighted by Gasteiger charge is 2.15. The highest BCUT2D eigenvalue weighted by Crippen LogP contribution is 2.20. The Morgan fingerprint density at radius 2 is 1.32 bits per heavy atom. The first-order chi connectivity index (χ1) is 11.6. The molecule has 0 amide bonds. The predicted octanol–water partition coefficient (Wildman–Crippen LogP) is 4.96. The Kier molecular flexibility index (Phi) is 8.19. The summed E-state index contributed by atoms with van der Waals surface area (Å²) in [7, 11) is 1.23. The number of hydrogen-bond acceptors (Lipinski definition) is 3. The lowest BCUT2D eigenvalue weighted by Crippen LogP contribution is -2.06. The normalized spacial score (nSPS) is 9.88. The summed E-state index contributed by atoms with van der Waals surface area (Å²) in [6.07, 6.45) is 0. The van der Waals surface area contributed by atoms with Crippen molar-refractivity contribution in [2.45, 2.75) is 13.8 Å². The van der Waals surface area contributed by atoms with Crippen LogP contribution in [0.2, 0.25) is 0 Å². The van der Waals surface area contributed by atoms with Crippen LogP contribution in [-0.2, 0) is 4.74 Å². The Balaban J connectivity index is 0.000000251. The van der Waals surface area contributed by atoms with E-state index in [-0.39, 0.29) is 11.1 Å². The summed E-state index contributed by atoms with van der Waals surface area (Å²) in [4.78, 5) is 21.5. The molecular formula is C17H14F2I2O4. The third-order valence-corrected chi connectivity index (χ3v) is 5.84. The molecule has 0 saturated heterocycles. The van der Waals surface area contributed by atoms with E-state index in [4.69, 9.17) is 5.11 Å². The van der Waals surface area contributed by atoms with Gasteiger partial charge in [-0.15, -0.1) is 0 Å². The molecule has 2 rings (SSSR count). The molecule has 0 heterocycles. The average Bonchev–Trinajstić information content (AvgIpc) is 2.57. The number of methoxy groups -OCH3 is 1. The summed E-state index contributed by atoms with van der Waals surface area (Å²) in [6.45, 7) is 3.52. The number of benzene rings is 2. The van der Waals surface area contributed by atoms with Crippen LogP contribution >= 0.6 is 45.2 Å². The molecular weight excluding hydrogens is 560 g/mol. The van der Waals surface area contributed by atoms with Gasteiger partial charge in [-0.2, -0.15) is 0 Å². The lowest BCUT2D eigenvalue weighted by Gasteiger charge is -2.04. The highest BCUT2D eigenvalue weighted by molar-refractivity contribution is 14.1. The zero-order valence-electron chi connectivity index (χ0n) is 13.5. The van der Waals surface area contributed by atoms with Gasteiger partial charge in [-0.05, 0) is 82.3 Å². The number of rotatable bonds is 2. The maximum Gasteiger partial charge on any atom is 0.340 e. The van der Waals surface area contributed by atoms with Crippen LogP contribution in [0.5, 0.6) is 0 Å². The number of hydrogen-bond donors (Lipinski definition) is 1. The van der Waals surface area contributed by atoms with Gasteiger partial charge in [-0.25, -0.2) is 18.4 Å². The van der Waals surface area contributed by atoms with Gasteiger partial charge in [0.2, 0.25) is 0 Å². The molecule has 134 valence electrons. The van der Waals surface area contributed by atoms with Crippen molar-refractivity contribution in [3.8, 4) is 0 Å². The van der Waals surface area contributed by atoms with Crippen LogP contribution in [0.1, 0.15) is 31.8 Å². The standard InChI is InChI=1S/C9H8FIO2.C8H6FIO2/c1-5-3-4-6(9(12)13-2)7(10)8(5)11;1-4-2-3-5(8(11)12)6(9)7(4)10/h3-4H,1-2H3;2-3H,1H3,(H,11,12). The molecule has 0 bridgehead atoms. The average molecular weight is 574 g/mol. The second-order valence-electron chi connectivity index (χ2n) is 4.91. The summed E-state index contributed by atoms with van der Waals surface area (Å²) in [6, 6.07) is 5.99. The van der Waals surface area contributed by atoms with Crippen molar-refractivity contribution < 1.29 is 28.2 Å². The largest absolute Gasteiger partial charge is 0.478 e. The molecule has 0 aliphatic heterocycles. The minimum Gasteiger partial charge on any atom is -0.478 e. The first-order valence-corrected chi connectivity index (χ1v) is 8.98. The predicted molar refractivity (Wildman–Crippen MR) is 106 cm³/mol. The van der Waals surface area contributed by atoms with E-state index < -0.39 is 23.6 Å². The summed E-state index contributed by atoms with van der Waals surface area (Å²) in [5.41, 5.74) is 1.27. The third-order valence-electron chi connectivity index (χ3n) is 3.19. The van der Waals surface area contributed by atoms with Gasteiger partial charge in [-0.3, -0.25) is 0 Å². The van der Waals surface area contributed by atoms with Crippen LogP contribution in [0.3, 0.4) is 0 Å². The van der Waals surface area contributed by atoms with Gasteiger partial charge in [0.25, 0.3) is 0 Å². The van der Waals surface area contributed by atoms with Crippen molar-refractivity contribution in [2.75, 3.05) is 7.11 Å². The lowest BCUT2D eigenvalue weighted by molar-refractivity contribution is 0.0594. The Morgan fingerprint density at radius 1 is 0.920 bits per heavy atom. The number of esters is 1. The second-order valence-corrected chi connectivity index (χ2v) is 7.07. The van der Waals surface area contributed by atoms with Crippen LogP contribution in [-0.4, -0.2) is 24.2 Å². The molecule has 0 fully saturated rings. The third kappa shape index (κ3) is 5.33. The zero-order chi connectivity index (χ0) is 19.3. The SMILES string of the molecule is COC(=O)c1ccc(C)c(I)c1F.Cc1ccc(C(=O)O)c(F)c1I. The molecule has 2 aromatic carbocycles. The maximum absolute atomic E-state index is 13.4. The van der Waals surface area contributed by atoms with Crippen LogP contribution in [0.15, 0.2) is 24.3 Å². The van der Waals surface area contributed by atoms with E-state index in [9.17, 15) is 18.4 Å². The molecule has 2 aromatic rings. The topological polar surface area (TPSA) is 63.6 Å². The summed E-state index contributed by atoms with van der Waals surface area (Å²) in [5, 5.41) is 8.54. The van der Waals surface area contributed by atoms with Crippen LogP contribution in [0, 0.1) is 32.6 Å². The molecule has 0 aliphatic rings. The van der Waals surface area contributed by atoms with Crippen molar-refractivity contribution >= 4 is 57.1 Å². The molecule has 0 aromatic heterocycles. The fourth-order valence-electron chi connectivity index (χ4n) is 1.72. The van der Waals surface area contributed by atoms with Crippen LogP contribution in [0.4, 0.5) is 8.78 Å². The molecule has 4 nitrogen and oxygen atoms in total. The summed E-state index contributed by atoms with van der Waals surface area (Å²) < 4.78 is 31.8. The van der Waals surface area contributed by atoms with Gasteiger partial charge in [-0.1, -0.05) is 12.1 Å². The Bertz CT molecular complexity index is 823. The molecule has 0 unspecified atom stereocenters. The Morgan fingerprint density at radius 3 is 1.72 bits per heavy atom. The molecule has 0 aliphatic carbocycles. The van der Waals surface area contributed by atoms with Gasteiger partial charge in [0.1, 0.15) is 0 Å².